The van der Waals surface area contributed by atoms with Gasteiger partial charge in [0.2, 0.25) is 5.95 Å². The number of aromatic nitrogens is 2. The number of anilines is 1. The molecule has 0 amide bonds. The summed E-state index contributed by atoms with van der Waals surface area (Å²) in [7, 11) is 0. The summed E-state index contributed by atoms with van der Waals surface area (Å²) < 4.78 is 15.9. The molecular formula is C14H17BrFN3. The minimum atomic E-state index is -0.248. The molecule has 1 N–H and O–H groups in total. The highest BCUT2D eigenvalue weighted by Gasteiger charge is 2.10. The number of nitrogens with one attached hydrogen (secondary N) is 1. The van der Waals surface area contributed by atoms with Crippen molar-refractivity contribution in [1.29, 1.82) is 0 Å². The van der Waals surface area contributed by atoms with E-state index < -0.39 is 0 Å². The van der Waals surface area contributed by atoms with E-state index in [1.807, 2.05) is 17.7 Å². The molecule has 3 nitrogen and oxygen atoms in total. The van der Waals surface area contributed by atoms with Crippen molar-refractivity contribution in [2.75, 3.05) is 11.9 Å². The highest BCUT2D eigenvalue weighted by atomic mass is 79.9. The Morgan fingerprint density at radius 1 is 1.42 bits per heavy atom. The van der Waals surface area contributed by atoms with Gasteiger partial charge in [0.05, 0.1) is 10.2 Å². The minimum absolute atomic E-state index is 0.248. The first-order valence-electron chi connectivity index (χ1n) is 6.36. The molecule has 0 atom stereocenters. The normalized spacial score (nSPS) is 10.7. The summed E-state index contributed by atoms with van der Waals surface area (Å²) in [5.41, 5.74) is 1.79. The van der Waals surface area contributed by atoms with Crippen LogP contribution in [-0.4, -0.2) is 16.1 Å². The number of halogens is 2. The van der Waals surface area contributed by atoms with Crippen LogP contribution >= 0.6 is 15.9 Å². The van der Waals surface area contributed by atoms with Crippen LogP contribution in [0.1, 0.15) is 25.3 Å². The van der Waals surface area contributed by atoms with Gasteiger partial charge in [0.25, 0.3) is 0 Å². The third kappa shape index (κ3) is 3.15. The summed E-state index contributed by atoms with van der Waals surface area (Å²) in [6, 6.07) is 3.30. The molecule has 0 saturated carbocycles. The second-order valence-electron chi connectivity index (χ2n) is 4.45. The lowest BCUT2D eigenvalue weighted by molar-refractivity contribution is 0.619. The largest absolute Gasteiger partial charge is 0.355 e. The van der Waals surface area contributed by atoms with Gasteiger partial charge in [-0.25, -0.2) is 9.37 Å². The Morgan fingerprint density at radius 2 is 2.21 bits per heavy atom. The lowest BCUT2D eigenvalue weighted by Gasteiger charge is -2.12. The van der Waals surface area contributed by atoms with Gasteiger partial charge in [-0.2, -0.15) is 0 Å². The van der Waals surface area contributed by atoms with Crippen LogP contribution in [0.5, 0.6) is 0 Å². The molecule has 0 bridgehead atoms. The van der Waals surface area contributed by atoms with Crippen LogP contribution in [0.4, 0.5) is 10.3 Å². The Labute approximate surface area is 121 Å². The number of rotatable bonds is 5. The number of aryl methyl sites for hydroxylation is 1. The molecule has 0 aliphatic heterocycles. The van der Waals surface area contributed by atoms with Crippen molar-refractivity contribution in [2.24, 2.45) is 0 Å². The summed E-state index contributed by atoms with van der Waals surface area (Å²) in [6.07, 6.45) is 5.85. The van der Waals surface area contributed by atoms with Crippen molar-refractivity contribution < 1.29 is 4.39 Å². The molecule has 1 heterocycles. The Kier molecular flexibility index (Phi) is 4.58. The number of nitrogens with zero attached hydrogens (tertiary/aromatic N) is 2. The highest BCUT2D eigenvalue weighted by molar-refractivity contribution is 9.10. The Bertz CT molecular complexity index is 566. The van der Waals surface area contributed by atoms with Crippen LogP contribution in [-0.2, 0) is 0 Å². The average molecular weight is 326 g/mol. The van der Waals surface area contributed by atoms with Crippen molar-refractivity contribution in [3.63, 3.8) is 0 Å². The third-order valence-corrected chi connectivity index (χ3v) is 3.56. The maximum absolute atomic E-state index is 13.5. The molecule has 2 aromatic rings. The molecule has 2 rings (SSSR count). The van der Waals surface area contributed by atoms with Crippen molar-refractivity contribution >= 4 is 21.9 Å². The van der Waals surface area contributed by atoms with E-state index in [2.05, 4.69) is 33.2 Å². The quantitative estimate of drug-likeness (QED) is 0.831. The zero-order valence-electron chi connectivity index (χ0n) is 11.1. The smallest absolute Gasteiger partial charge is 0.207 e. The molecule has 0 fully saturated rings. The fourth-order valence-electron chi connectivity index (χ4n) is 1.90. The van der Waals surface area contributed by atoms with Gasteiger partial charge in [-0.05, 0) is 47.0 Å². The summed E-state index contributed by atoms with van der Waals surface area (Å²) in [6.45, 7) is 4.92. The number of imidazole rings is 1. The maximum atomic E-state index is 13.5. The van der Waals surface area contributed by atoms with E-state index in [-0.39, 0.29) is 5.82 Å². The second kappa shape index (κ2) is 6.19. The number of unbranched alkanes of at least 4 members (excludes halogenated alkanes) is 1. The Balaban J connectivity index is 2.32. The van der Waals surface area contributed by atoms with Crippen LogP contribution in [0.25, 0.3) is 5.69 Å². The van der Waals surface area contributed by atoms with Gasteiger partial charge in [0.15, 0.2) is 0 Å². The molecule has 0 radical (unpaired) electrons. The molecule has 0 aliphatic rings. The van der Waals surface area contributed by atoms with E-state index >= 15 is 0 Å². The molecule has 0 aliphatic carbocycles. The Morgan fingerprint density at radius 3 is 2.95 bits per heavy atom. The molecule has 5 heteroatoms. The van der Waals surface area contributed by atoms with Gasteiger partial charge in [-0.3, -0.25) is 4.57 Å². The van der Waals surface area contributed by atoms with E-state index in [4.69, 9.17) is 0 Å². The molecule has 0 unspecified atom stereocenters. The number of benzene rings is 1. The van der Waals surface area contributed by atoms with E-state index in [0.29, 0.717) is 4.47 Å². The predicted molar refractivity (Wildman–Crippen MR) is 79.4 cm³/mol. The van der Waals surface area contributed by atoms with Crippen LogP contribution < -0.4 is 5.32 Å². The topological polar surface area (TPSA) is 29.9 Å². The summed E-state index contributed by atoms with van der Waals surface area (Å²) in [5, 5.41) is 3.30. The third-order valence-electron chi connectivity index (χ3n) is 2.95. The summed E-state index contributed by atoms with van der Waals surface area (Å²) >= 11 is 3.23. The van der Waals surface area contributed by atoms with E-state index in [9.17, 15) is 4.39 Å². The molecule has 0 saturated heterocycles. The standard InChI is InChI=1S/C14H17BrFN3/c1-3-4-5-17-14-18-6-7-19(14)13-9-11(15)12(16)8-10(13)2/h6-9H,3-5H2,1-2H3,(H,17,18). The SMILES string of the molecule is CCCCNc1nccn1-c1cc(Br)c(F)cc1C. The Hall–Kier alpha value is -1.36. The number of hydrogen-bond acceptors (Lipinski definition) is 2. The van der Waals surface area contributed by atoms with Gasteiger partial charge in [-0.15, -0.1) is 0 Å². The maximum Gasteiger partial charge on any atom is 0.207 e. The lowest BCUT2D eigenvalue weighted by Crippen LogP contribution is -2.08. The molecule has 102 valence electrons. The van der Waals surface area contributed by atoms with Crippen LogP contribution in [0, 0.1) is 12.7 Å². The minimum Gasteiger partial charge on any atom is -0.355 e. The zero-order valence-corrected chi connectivity index (χ0v) is 12.7. The van der Waals surface area contributed by atoms with Gasteiger partial charge < -0.3 is 5.32 Å². The molecule has 1 aromatic carbocycles. The van der Waals surface area contributed by atoms with Crippen LogP contribution in [0.2, 0.25) is 0 Å². The van der Waals surface area contributed by atoms with Gasteiger partial charge >= 0.3 is 0 Å². The van der Waals surface area contributed by atoms with Crippen LogP contribution in [0.15, 0.2) is 29.0 Å². The van der Waals surface area contributed by atoms with Crippen molar-refractivity contribution in [1.82, 2.24) is 9.55 Å². The summed E-state index contributed by atoms with van der Waals surface area (Å²) in [5.74, 6) is 0.539. The van der Waals surface area contributed by atoms with E-state index in [1.165, 1.54) is 6.07 Å². The second-order valence-corrected chi connectivity index (χ2v) is 5.31. The molecule has 19 heavy (non-hydrogen) atoms. The zero-order chi connectivity index (χ0) is 13.8. The number of hydrogen-bond donors (Lipinski definition) is 1. The average Bonchev–Trinajstić information content (AvgIpc) is 2.82. The first-order valence-corrected chi connectivity index (χ1v) is 7.16. The van der Waals surface area contributed by atoms with Gasteiger partial charge in [-0.1, -0.05) is 13.3 Å². The van der Waals surface area contributed by atoms with Gasteiger partial charge in [0, 0.05) is 18.9 Å². The lowest BCUT2D eigenvalue weighted by atomic mass is 10.2. The van der Waals surface area contributed by atoms with Gasteiger partial charge in [0.1, 0.15) is 5.82 Å². The van der Waals surface area contributed by atoms with Crippen molar-refractivity contribution in [3.05, 3.63) is 40.4 Å². The fourth-order valence-corrected chi connectivity index (χ4v) is 2.23. The first kappa shape index (κ1) is 14.1. The molecule has 1 aromatic heterocycles. The first-order chi connectivity index (χ1) is 9.13. The highest BCUT2D eigenvalue weighted by Crippen LogP contribution is 2.25. The summed E-state index contributed by atoms with van der Waals surface area (Å²) in [4.78, 5) is 4.30. The van der Waals surface area contributed by atoms with Crippen molar-refractivity contribution in [2.45, 2.75) is 26.7 Å². The van der Waals surface area contributed by atoms with E-state index in [0.717, 1.165) is 36.6 Å². The molecular weight excluding hydrogens is 309 g/mol. The van der Waals surface area contributed by atoms with Crippen molar-refractivity contribution in [3.8, 4) is 5.69 Å². The fraction of sp³-hybridized carbons (Fsp3) is 0.357. The van der Waals surface area contributed by atoms with E-state index in [1.54, 1.807) is 12.3 Å². The monoisotopic (exact) mass is 325 g/mol. The predicted octanol–water partition coefficient (Wildman–Crippen LogP) is 4.29. The van der Waals surface area contributed by atoms with Crippen LogP contribution in [0.3, 0.4) is 0 Å². The molecule has 0 spiro atoms.